The lowest BCUT2D eigenvalue weighted by Gasteiger charge is -2.12. The predicted octanol–water partition coefficient (Wildman–Crippen LogP) is 3.90. The maximum absolute atomic E-state index is 12.1. The maximum Gasteiger partial charge on any atom is 0.336 e. The number of nitrogens with one attached hydrogen (secondary N) is 1. The molecule has 0 bridgehead atoms. The Balaban J connectivity index is 2.14. The molecule has 6 nitrogen and oxygen atoms in total. The lowest BCUT2D eigenvalue weighted by molar-refractivity contribution is -0.129. The summed E-state index contributed by atoms with van der Waals surface area (Å²) in [5, 5.41) is 2.62. The Labute approximate surface area is 164 Å². The van der Waals surface area contributed by atoms with Gasteiger partial charge in [0.15, 0.2) is 11.5 Å². The van der Waals surface area contributed by atoms with Crippen molar-refractivity contribution in [2.45, 2.75) is 6.54 Å². The second-order valence-corrected chi connectivity index (χ2v) is 6.46. The van der Waals surface area contributed by atoms with Gasteiger partial charge >= 0.3 is 12.0 Å². The van der Waals surface area contributed by atoms with Crippen LogP contribution in [0, 0.1) is 0 Å². The molecule has 3 N–H and O–H groups in total. The summed E-state index contributed by atoms with van der Waals surface area (Å²) >= 11 is 9.54. The zero-order valence-electron chi connectivity index (χ0n) is 13.8. The van der Waals surface area contributed by atoms with Gasteiger partial charge in [0.2, 0.25) is 0 Å². The van der Waals surface area contributed by atoms with E-state index >= 15 is 0 Å². The van der Waals surface area contributed by atoms with Crippen LogP contribution in [0.25, 0.3) is 6.08 Å². The van der Waals surface area contributed by atoms with Gasteiger partial charge in [0.25, 0.3) is 0 Å². The van der Waals surface area contributed by atoms with Gasteiger partial charge in [0, 0.05) is 17.1 Å². The van der Waals surface area contributed by atoms with E-state index in [2.05, 4.69) is 21.2 Å². The molecule has 2 amide bonds. The molecule has 0 aliphatic rings. The molecule has 0 saturated heterocycles. The molecule has 0 atom stereocenters. The summed E-state index contributed by atoms with van der Waals surface area (Å²) in [5.41, 5.74) is 6.52. The van der Waals surface area contributed by atoms with Crippen molar-refractivity contribution in [3.05, 3.63) is 63.1 Å². The lowest BCUT2D eigenvalue weighted by atomic mass is 10.2. The van der Waals surface area contributed by atoms with Gasteiger partial charge in [-0.25, -0.2) is 9.59 Å². The van der Waals surface area contributed by atoms with Gasteiger partial charge in [-0.15, -0.1) is 0 Å². The van der Waals surface area contributed by atoms with Crippen molar-refractivity contribution in [2.75, 3.05) is 7.11 Å². The zero-order chi connectivity index (χ0) is 19.1. The molecule has 0 saturated carbocycles. The maximum atomic E-state index is 12.1. The van der Waals surface area contributed by atoms with Crippen LogP contribution in [-0.2, 0) is 11.3 Å². The summed E-state index contributed by atoms with van der Waals surface area (Å²) in [5.74, 6) is -0.239. The molecule has 2 aromatic rings. The van der Waals surface area contributed by atoms with Crippen LogP contribution >= 0.6 is 27.5 Å². The molecule has 2 aromatic carbocycles. The first-order valence-corrected chi connectivity index (χ1v) is 8.61. The van der Waals surface area contributed by atoms with E-state index in [1.165, 1.54) is 13.2 Å². The molecule has 0 unspecified atom stereocenters. The van der Waals surface area contributed by atoms with Crippen LogP contribution in [0.1, 0.15) is 11.1 Å². The molecular weight excluding hydrogens is 424 g/mol. The Morgan fingerprint density at radius 1 is 1.31 bits per heavy atom. The first kappa shape index (κ1) is 19.8. The van der Waals surface area contributed by atoms with Gasteiger partial charge < -0.3 is 20.5 Å². The summed E-state index contributed by atoms with van der Waals surface area (Å²) in [6, 6.07) is 9.94. The fourth-order valence-corrected chi connectivity index (χ4v) is 2.76. The van der Waals surface area contributed by atoms with Crippen molar-refractivity contribution < 1.29 is 19.1 Å². The van der Waals surface area contributed by atoms with Crippen molar-refractivity contribution in [3.8, 4) is 11.5 Å². The van der Waals surface area contributed by atoms with E-state index in [4.69, 9.17) is 26.8 Å². The van der Waals surface area contributed by atoms with E-state index in [0.29, 0.717) is 5.56 Å². The van der Waals surface area contributed by atoms with Gasteiger partial charge in [-0.1, -0.05) is 39.7 Å². The fraction of sp³-hybridized carbons (Fsp3) is 0.111. The second-order valence-electron chi connectivity index (χ2n) is 5.14. The minimum Gasteiger partial charge on any atom is -0.493 e. The third-order valence-corrected chi connectivity index (χ3v) is 3.99. The van der Waals surface area contributed by atoms with Crippen molar-refractivity contribution in [3.63, 3.8) is 0 Å². The topological polar surface area (TPSA) is 90.7 Å². The molecule has 8 heteroatoms. The number of primary amides is 1. The molecule has 0 spiro atoms. The predicted molar refractivity (Wildman–Crippen MR) is 103 cm³/mol. The van der Waals surface area contributed by atoms with Gasteiger partial charge in [0.05, 0.1) is 12.1 Å². The van der Waals surface area contributed by atoms with Gasteiger partial charge in [0.1, 0.15) is 0 Å². The molecule has 0 aliphatic carbocycles. The van der Waals surface area contributed by atoms with Crippen LogP contribution in [-0.4, -0.2) is 19.1 Å². The number of rotatable bonds is 6. The monoisotopic (exact) mass is 438 g/mol. The Bertz CT molecular complexity index is 855. The summed E-state index contributed by atoms with van der Waals surface area (Å²) in [6.45, 7) is 0.169. The fourth-order valence-electron chi connectivity index (χ4n) is 2.07. The van der Waals surface area contributed by atoms with E-state index in [1.807, 2.05) is 24.3 Å². The molecule has 0 heterocycles. The molecule has 0 aliphatic heterocycles. The first-order chi connectivity index (χ1) is 12.4. The second kappa shape index (κ2) is 9.26. The Morgan fingerprint density at radius 3 is 2.73 bits per heavy atom. The van der Waals surface area contributed by atoms with Crippen LogP contribution in [0.4, 0.5) is 4.79 Å². The highest BCUT2D eigenvalue weighted by Crippen LogP contribution is 2.36. The average Bonchev–Trinajstić information content (AvgIpc) is 2.60. The highest BCUT2D eigenvalue weighted by molar-refractivity contribution is 9.10. The number of carbonyl (C=O) groups is 2. The first-order valence-electron chi connectivity index (χ1n) is 7.44. The zero-order valence-corrected chi connectivity index (χ0v) is 16.1. The van der Waals surface area contributed by atoms with E-state index in [9.17, 15) is 9.59 Å². The van der Waals surface area contributed by atoms with E-state index in [-0.39, 0.29) is 23.1 Å². The number of hydrogen-bond acceptors (Lipinski definition) is 4. The molecule has 136 valence electrons. The molecule has 26 heavy (non-hydrogen) atoms. The minimum absolute atomic E-state index is 0.0980. The number of hydrogen-bond donors (Lipinski definition) is 2. The van der Waals surface area contributed by atoms with Crippen LogP contribution in [0.5, 0.6) is 11.5 Å². The average molecular weight is 440 g/mol. The SMILES string of the molecule is COc1cc(CNC(N)=O)cc(Cl)c1OC(=O)/C=C/c1cccc(Br)c1. The Hall–Kier alpha value is -2.51. The van der Waals surface area contributed by atoms with Crippen molar-refractivity contribution >= 4 is 45.6 Å². The Kier molecular flexibility index (Phi) is 7.06. The molecule has 0 aromatic heterocycles. The highest BCUT2D eigenvalue weighted by Gasteiger charge is 2.15. The normalized spacial score (nSPS) is 10.6. The molecular formula is C18H16BrClN2O4. The van der Waals surface area contributed by atoms with E-state index in [1.54, 1.807) is 18.2 Å². The standard InChI is InChI=1S/C18H16BrClN2O4/c1-25-15-9-12(10-22-18(21)24)8-14(20)17(15)26-16(23)6-5-11-3-2-4-13(19)7-11/h2-9H,10H2,1H3,(H3,21,22,24)/b6-5+. The van der Waals surface area contributed by atoms with Gasteiger partial charge in [-0.2, -0.15) is 0 Å². The third kappa shape index (κ3) is 5.79. The smallest absolute Gasteiger partial charge is 0.336 e. The molecule has 0 fully saturated rings. The number of amides is 2. The van der Waals surface area contributed by atoms with Crippen molar-refractivity contribution in [1.29, 1.82) is 0 Å². The number of methoxy groups -OCH3 is 1. The number of halogens is 2. The number of nitrogens with two attached hydrogens (primary N) is 1. The number of urea groups is 1. The molecule has 0 radical (unpaired) electrons. The van der Waals surface area contributed by atoms with E-state index < -0.39 is 12.0 Å². The van der Waals surface area contributed by atoms with Crippen LogP contribution < -0.4 is 20.5 Å². The van der Waals surface area contributed by atoms with E-state index in [0.717, 1.165) is 10.0 Å². The minimum atomic E-state index is -0.659. The lowest BCUT2D eigenvalue weighted by Crippen LogP contribution is -2.28. The van der Waals surface area contributed by atoms with Gasteiger partial charge in [-0.3, -0.25) is 0 Å². The number of ether oxygens (including phenoxy) is 2. The molecule has 2 rings (SSSR count). The largest absolute Gasteiger partial charge is 0.493 e. The van der Waals surface area contributed by atoms with Gasteiger partial charge in [-0.05, 0) is 41.5 Å². The summed E-state index contributed by atoms with van der Waals surface area (Å²) in [4.78, 5) is 22.9. The summed E-state index contributed by atoms with van der Waals surface area (Å²) < 4.78 is 11.4. The number of esters is 1. The van der Waals surface area contributed by atoms with Crippen LogP contribution in [0.15, 0.2) is 46.9 Å². The summed E-state index contributed by atoms with van der Waals surface area (Å²) in [6.07, 6.45) is 2.92. The third-order valence-electron chi connectivity index (χ3n) is 3.22. The van der Waals surface area contributed by atoms with Crippen molar-refractivity contribution in [1.82, 2.24) is 5.32 Å². The summed E-state index contributed by atoms with van der Waals surface area (Å²) in [7, 11) is 1.42. The number of carbonyl (C=O) groups excluding carboxylic acids is 2. The Morgan fingerprint density at radius 2 is 2.08 bits per heavy atom. The van der Waals surface area contributed by atoms with Crippen molar-refractivity contribution in [2.24, 2.45) is 5.73 Å². The quantitative estimate of drug-likeness (QED) is 0.406. The highest BCUT2D eigenvalue weighted by atomic mass is 79.9. The number of benzene rings is 2. The van der Waals surface area contributed by atoms with Crippen LogP contribution in [0.2, 0.25) is 5.02 Å². The van der Waals surface area contributed by atoms with Crippen LogP contribution in [0.3, 0.4) is 0 Å².